The van der Waals surface area contributed by atoms with Crippen molar-refractivity contribution in [2.75, 3.05) is 5.32 Å². The fraction of sp³-hybridized carbons (Fsp3) is 0.571. The number of benzene rings is 1. The molecule has 0 aliphatic heterocycles. The molecule has 0 radical (unpaired) electrons. The number of aryl methyl sites for hydroxylation is 1. The number of hydrogen-bond donors (Lipinski definition) is 1. The Hall–Kier alpha value is -0.980. The molecule has 0 heterocycles. The normalized spacial score (nSPS) is 17.5. The van der Waals surface area contributed by atoms with Crippen LogP contribution in [0.5, 0.6) is 0 Å². The summed E-state index contributed by atoms with van der Waals surface area (Å²) in [5.74, 6) is 0.916. The van der Waals surface area contributed by atoms with E-state index >= 15 is 0 Å². The van der Waals surface area contributed by atoms with Crippen LogP contribution in [0.25, 0.3) is 0 Å². The van der Waals surface area contributed by atoms with Gasteiger partial charge in [-0.15, -0.1) is 0 Å². The zero-order valence-electron chi connectivity index (χ0n) is 9.79. The first-order valence-corrected chi connectivity index (χ1v) is 6.15. The second kappa shape index (κ2) is 4.69. The highest BCUT2D eigenvalue weighted by Gasteiger charge is 2.27. The Morgan fingerprint density at radius 1 is 1.33 bits per heavy atom. The maximum absolute atomic E-state index is 3.66. The van der Waals surface area contributed by atoms with Gasteiger partial charge in [0, 0.05) is 11.7 Å². The Labute approximate surface area is 92.9 Å². The third kappa shape index (κ3) is 2.74. The van der Waals surface area contributed by atoms with Gasteiger partial charge < -0.3 is 5.32 Å². The van der Waals surface area contributed by atoms with Crippen molar-refractivity contribution in [2.45, 2.75) is 45.6 Å². The van der Waals surface area contributed by atoms with Crippen molar-refractivity contribution in [2.24, 2.45) is 5.92 Å². The van der Waals surface area contributed by atoms with E-state index in [1.54, 1.807) is 0 Å². The van der Waals surface area contributed by atoms with Gasteiger partial charge in [-0.05, 0) is 43.7 Å². The fourth-order valence-corrected chi connectivity index (χ4v) is 2.11. The van der Waals surface area contributed by atoms with Gasteiger partial charge in [-0.2, -0.15) is 0 Å². The molecule has 1 aliphatic rings. The van der Waals surface area contributed by atoms with Crippen LogP contribution in [0.3, 0.4) is 0 Å². The molecule has 1 heteroatoms. The lowest BCUT2D eigenvalue weighted by Crippen LogP contribution is -2.18. The molecule has 1 aromatic carbocycles. The van der Waals surface area contributed by atoms with E-state index in [0.717, 1.165) is 5.92 Å². The summed E-state index contributed by atoms with van der Waals surface area (Å²) in [6.45, 7) is 4.54. The molecule has 0 saturated heterocycles. The van der Waals surface area contributed by atoms with Gasteiger partial charge in [0.15, 0.2) is 0 Å². The van der Waals surface area contributed by atoms with Gasteiger partial charge in [-0.25, -0.2) is 0 Å². The quantitative estimate of drug-likeness (QED) is 0.766. The topological polar surface area (TPSA) is 12.0 Å². The Bertz CT molecular complexity index is 315. The summed E-state index contributed by atoms with van der Waals surface area (Å²) >= 11 is 0. The molecule has 0 spiro atoms. The van der Waals surface area contributed by atoms with E-state index in [-0.39, 0.29) is 0 Å². The highest BCUT2D eigenvalue weighted by molar-refractivity contribution is 5.52. The van der Waals surface area contributed by atoms with Crippen molar-refractivity contribution in [3.05, 3.63) is 29.8 Å². The maximum atomic E-state index is 3.66. The SMILES string of the molecule is CCCc1ccccc1N[C@@H](C)C1CC1. The summed E-state index contributed by atoms with van der Waals surface area (Å²) in [5, 5.41) is 3.66. The standard InChI is InChI=1S/C14H21N/c1-3-6-13-7-4-5-8-14(13)15-11(2)12-9-10-12/h4-5,7-8,11-12,15H,3,6,9-10H2,1-2H3/t11-/m0/s1. The molecule has 2 rings (SSSR count). The van der Waals surface area contributed by atoms with Crippen molar-refractivity contribution in [3.8, 4) is 0 Å². The lowest BCUT2D eigenvalue weighted by molar-refractivity contribution is 0.692. The monoisotopic (exact) mass is 203 g/mol. The average molecular weight is 203 g/mol. The van der Waals surface area contributed by atoms with Crippen molar-refractivity contribution in [3.63, 3.8) is 0 Å². The largest absolute Gasteiger partial charge is 0.382 e. The minimum Gasteiger partial charge on any atom is -0.382 e. The van der Waals surface area contributed by atoms with Crippen molar-refractivity contribution >= 4 is 5.69 Å². The van der Waals surface area contributed by atoms with Crippen molar-refractivity contribution in [1.82, 2.24) is 0 Å². The minimum atomic E-state index is 0.642. The summed E-state index contributed by atoms with van der Waals surface area (Å²) < 4.78 is 0. The summed E-state index contributed by atoms with van der Waals surface area (Å²) in [6.07, 6.45) is 5.21. The molecule has 0 bridgehead atoms. The van der Waals surface area contributed by atoms with Crippen LogP contribution in [-0.2, 0) is 6.42 Å². The van der Waals surface area contributed by atoms with E-state index in [2.05, 4.69) is 43.4 Å². The molecule has 1 saturated carbocycles. The summed E-state index contributed by atoms with van der Waals surface area (Å²) in [5.41, 5.74) is 2.81. The van der Waals surface area contributed by atoms with E-state index < -0.39 is 0 Å². The number of nitrogens with one attached hydrogen (secondary N) is 1. The highest BCUT2D eigenvalue weighted by atomic mass is 14.9. The molecule has 0 amide bonds. The van der Waals surface area contributed by atoms with Gasteiger partial charge in [-0.3, -0.25) is 0 Å². The Morgan fingerprint density at radius 2 is 2.07 bits per heavy atom. The third-order valence-electron chi connectivity index (χ3n) is 3.25. The van der Waals surface area contributed by atoms with E-state index in [0.29, 0.717) is 6.04 Å². The molecule has 1 nitrogen and oxygen atoms in total. The Balaban J connectivity index is 2.04. The van der Waals surface area contributed by atoms with Crippen molar-refractivity contribution < 1.29 is 0 Å². The molecule has 15 heavy (non-hydrogen) atoms. The van der Waals surface area contributed by atoms with E-state index in [1.165, 1.54) is 36.9 Å². The first-order valence-electron chi connectivity index (χ1n) is 6.15. The average Bonchev–Trinajstić information content (AvgIpc) is 3.04. The van der Waals surface area contributed by atoms with E-state index in [9.17, 15) is 0 Å². The zero-order chi connectivity index (χ0) is 10.7. The van der Waals surface area contributed by atoms with Crippen LogP contribution in [0.15, 0.2) is 24.3 Å². The van der Waals surface area contributed by atoms with Crippen LogP contribution in [0.2, 0.25) is 0 Å². The molecule has 82 valence electrons. The predicted molar refractivity (Wildman–Crippen MR) is 66.2 cm³/mol. The molecule has 1 aromatic rings. The predicted octanol–water partition coefficient (Wildman–Crippen LogP) is 3.85. The van der Waals surface area contributed by atoms with Crippen LogP contribution >= 0.6 is 0 Å². The van der Waals surface area contributed by atoms with Crippen LogP contribution in [0.1, 0.15) is 38.7 Å². The molecular weight excluding hydrogens is 182 g/mol. The molecule has 0 aromatic heterocycles. The number of para-hydroxylation sites is 1. The van der Waals surface area contributed by atoms with Crippen LogP contribution in [0.4, 0.5) is 5.69 Å². The van der Waals surface area contributed by atoms with Gasteiger partial charge in [0.05, 0.1) is 0 Å². The van der Waals surface area contributed by atoms with E-state index in [4.69, 9.17) is 0 Å². The Kier molecular flexibility index (Phi) is 3.30. The van der Waals surface area contributed by atoms with Crippen LogP contribution in [0, 0.1) is 5.92 Å². The maximum Gasteiger partial charge on any atom is 0.0374 e. The zero-order valence-corrected chi connectivity index (χ0v) is 9.79. The first-order chi connectivity index (χ1) is 7.31. The molecule has 1 atom stereocenters. The van der Waals surface area contributed by atoms with Crippen molar-refractivity contribution in [1.29, 1.82) is 0 Å². The lowest BCUT2D eigenvalue weighted by atomic mass is 10.1. The molecule has 1 N–H and O–H groups in total. The van der Waals surface area contributed by atoms with Gasteiger partial charge in [0.1, 0.15) is 0 Å². The number of hydrogen-bond acceptors (Lipinski definition) is 1. The second-order valence-electron chi connectivity index (χ2n) is 4.68. The Morgan fingerprint density at radius 3 is 2.73 bits per heavy atom. The summed E-state index contributed by atoms with van der Waals surface area (Å²) in [6, 6.07) is 9.36. The number of rotatable bonds is 5. The summed E-state index contributed by atoms with van der Waals surface area (Å²) in [4.78, 5) is 0. The molecule has 0 unspecified atom stereocenters. The molecule has 1 aliphatic carbocycles. The van der Waals surface area contributed by atoms with Gasteiger partial charge in [0.2, 0.25) is 0 Å². The first kappa shape index (κ1) is 10.5. The molecule has 1 fully saturated rings. The molecular formula is C14H21N. The highest BCUT2D eigenvalue weighted by Crippen LogP contribution is 2.34. The second-order valence-corrected chi connectivity index (χ2v) is 4.68. The number of anilines is 1. The van der Waals surface area contributed by atoms with Gasteiger partial charge >= 0.3 is 0 Å². The smallest absolute Gasteiger partial charge is 0.0374 e. The fourth-order valence-electron chi connectivity index (χ4n) is 2.11. The van der Waals surface area contributed by atoms with E-state index in [1.807, 2.05) is 0 Å². The summed E-state index contributed by atoms with van der Waals surface area (Å²) in [7, 11) is 0. The lowest BCUT2D eigenvalue weighted by Gasteiger charge is -2.17. The van der Waals surface area contributed by atoms with Crippen LogP contribution < -0.4 is 5.32 Å². The minimum absolute atomic E-state index is 0.642. The third-order valence-corrected chi connectivity index (χ3v) is 3.25. The van der Waals surface area contributed by atoms with Gasteiger partial charge in [-0.1, -0.05) is 31.5 Å². The van der Waals surface area contributed by atoms with Crippen LogP contribution in [-0.4, -0.2) is 6.04 Å². The van der Waals surface area contributed by atoms with Gasteiger partial charge in [0.25, 0.3) is 0 Å².